The minimum atomic E-state index is -0.372. The average molecular weight is 468 g/mol. The van der Waals surface area contributed by atoms with E-state index in [9.17, 15) is 9.59 Å². The fourth-order valence-corrected chi connectivity index (χ4v) is 4.67. The summed E-state index contributed by atoms with van der Waals surface area (Å²) in [6.45, 7) is 0.758. The number of amides is 3. The number of nitrogens with zero attached hydrogens (tertiary/aromatic N) is 3. The smallest absolute Gasteiger partial charge is 0.322 e. The van der Waals surface area contributed by atoms with E-state index in [4.69, 9.17) is 14.2 Å². The normalized spacial score (nSPS) is 16.5. The maximum atomic E-state index is 12.9. The predicted octanol–water partition coefficient (Wildman–Crippen LogP) is 3.90. The number of benzene rings is 2. The topological polar surface area (TPSA) is 115 Å². The third kappa shape index (κ3) is 4.40. The lowest BCUT2D eigenvalue weighted by Crippen LogP contribution is -2.34. The Bertz CT molecular complexity index is 1200. The third-order valence-corrected chi connectivity index (χ3v) is 6.41. The number of hydrogen-bond acceptors (Lipinski definition) is 8. The van der Waals surface area contributed by atoms with Gasteiger partial charge in [0.2, 0.25) is 11.8 Å². The molecule has 2 aliphatic heterocycles. The van der Waals surface area contributed by atoms with Gasteiger partial charge in [0.15, 0.2) is 11.5 Å². The van der Waals surface area contributed by atoms with Gasteiger partial charge in [0.1, 0.15) is 10.8 Å². The van der Waals surface area contributed by atoms with Crippen molar-refractivity contribution in [3.05, 3.63) is 52.5 Å². The van der Waals surface area contributed by atoms with Crippen LogP contribution in [-0.2, 0) is 0 Å². The predicted molar refractivity (Wildman–Crippen MR) is 121 cm³/mol. The quantitative estimate of drug-likeness (QED) is 0.585. The summed E-state index contributed by atoms with van der Waals surface area (Å²) in [4.78, 5) is 27.3. The molecule has 1 fully saturated rings. The van der Waals surface area contributed by atoms with Crippen LogP contribution in [0.25, 0.3) is 0 Å². The lowest BCUT2D eigenvalue weighted by Gasteiger charge is -2.23. The summed E-state index contributed by atoms with van der Waals surface area (Å²) in [7, 11) is 1.58. The second-order valence-electron chi connectivity index (χ2n) is 7.48. The molecule has 0 radical (unpaired) electrons. The van der Waals surface area contributed by atoms with E-state index < -0.39 is 0 Å². The molecule has 11 heteroatoms. The van der Waals surface area contributed by atoms with Crippen molar-refractivity contribution in [2.45, 2.75) is 18.9 Å². The van der Waals surface area contributed by atoms with Crippen LogP contribution in [0.5, 0.6) is 17.2 Å². The monoisotopic (exact) mass is 467 g/mol. The number of ether oxygens (including phenoxy) is 3. The van der Waals surface area contributed by atoms with Gasteiger partial charge in [-0.15, -0.1) is 10.2 Å². The maximum Gasteiger partial charge on any atom is 0.322 e. The molecule has 0 bridgehead atoms. The SMILES string of the molecule is COc1cccc(NC(=O)N2CCCC2c2nnc(C(=O)Nc3ccc4c(c3)OCO4)s2)c1. The van der Waals surface area contributed by atoms with Crippen molar-refractivity contribution in [2.75, 3.05) is 31.1 Å². The lowest BCUT2D eigenvalue weighted by molar-refractivity contribution is 0.102. The van der Waals surface area contributed by atoms with Gasteiger partial charge in [-0.25, -0.2) is 4.79 Å². The number of anilines is 2. The molecule has 2 aliphatic rings. The lowest BCUT2D eigenvalue weighted by atomic mass is 10.2. The number of likely N-dealkylation sites (tertiary alicyclic amines) is 1. The van der Waals surface area contributed by atoms with Crippen LogP contribution in [-0.4, -0.2) is 47.5 Å². The van der Waals surface area contributed by atoms with E-state index in [0.717, 1.165) is 12.8 Å². The van der Waals surface area contributed by atoms with Crippen molar-refractivity contribution in [2.24, 2.45) is 0 Å². The molecule has 170 valence electrons. The van der Waals surface area contributed by atoms with E-state index in [1.807, 2.05) is 12.1 Å². The Morgan fingerprint density at radius 1 is 1.09 bits per heavy atom. The van der Waals surface area contributed by atoms with Crippen LogP contribution < -0.4 is 24.8 Å². The first-order chi connectivity index (χ1) is 16.1. The second-order valence-corrected chi connectivity index (χ2v) is 8.49. The average Bonchev–Trinajstić information content (AvgIpc) is 3.58. The molecule has 0 spiro atoms. The molecule has 3 aromatic rings. The van der Waals surface area contributed by atoms with E-state index >= 15 is 0 Å². The highest BCUT2D eigenvalue weighted by Crippen LogP contribution is 2.36. The Morgan fingerprint density at radius 2 is 1.94 bits per heavy atom. The van der Waals surface area contributed by atoms with Crippen LogP contribution >= 0.6 is 11.3 Å². The molecule has 1 saturated heterocycles. The van der Waals surface area contributed by atoms with E-state index in [1.54, 1.807) is 42.3 Å². The standard InChI is InChI=1S/C22H21N5O5S/c1-30-15-5-2-4-13(10-15)24-22(29)27-9-3-6-16(27)20-25-26-21(33-20)19(28)23-14-7-8-17-18(11-14)32-12-31-17/h2,4-5,7-8,10-11,16H,3,6,9,12H2,1H3,(H,23,28)(H,24,29). The fraction of sp³-hybridized carbons (Fsp3) is 0.273. The molecular formula is C22H21N5O5S. The zero-order chi connectivity index (χ0) is 22.8. The highest BCUT2D eigenvalue weighted by molar-refractivity contribution is 7.13. The summed E-state index contributed by atoms with van der Waals surface area (Å²) in [6, 6.07) is 11.9. The number of fused-ring (bicyclic) bond motifs is 1. The molecule has 1 unspecified atom stereocenters. The zero-order valence-corrected chi connectivity index (χ0v) is 18.6. The highest BCUT2D eigenvalue weighted by Gasteiger charge is 2.33. The van der Waals surface area contributed by atoms with E-state index in [1.165, 1.54) is 11.3 Å². The molecule has 0 aliphatic carbocycles. The Labute approximate surface area is 193 Å². The van der Waals surface area contributed by atoms with Crippen LogP contribution in [0.1, 0.15) is 33.7 Å². The van der Waals surface area contributed by atoms with Gasteiger partial charge >= 0.3 is 6.03 Å². The summed E-state index contributed by atoms with van der Waals surface area (Å²) in [5, 5.41) is 14.8. The van der Waals surface area contributed by atoms with Crippen molar-refractivity contribution in [1.82, 2.24) is 15.1 Å². The van der Waals surface area contributed by atoms with Crippen LogP contribution in [0.15, 0.2) is 42.5 Å². The fourth-order valence-electron chi connectivity index (χ4n) is 3.78. The largest absolute Gasteiger partial charge is 0.497 e. The molecule has 2 aromatic carbocycles. The summed E-state index contributed by atoms with van der Waals surface area (Å²) in [5.74, 6) is 1.50. The molecule has 5 rings (SSSR count). The van der Waals surface area contributed by atoms with Crippen LogP contribution in [0, 0.1) is 0 Å². The van der Waals surface area contributed by atoms with Crippen molar-refractivity contribution in [1.29, 1.82) is 0 Å². The number of hydrogen-bond donors (Lipinski definition) is 2. The van der Waals surface area contributed by atoms with E-state index in [0.29, 0.717) is 40.2 Å². The molecule has 1 atom stereocenters. The molecule has 1 aromatic heterocycles. The van der Waals surface area contributed by atoms with Crippen molar-refractivity contribution in [3.8, 4) is 17.2 Å². The van der Waals surface area contributed by atoms with Gasteiger partial charge in [0.25, 0.3) is 5.91 Å². The molecule has 2 N–H and O–H groups in total. The van der Waals surface area contributed by atoms with Crippen LogP contribution in [0.3, 0.4) is 0 Å². The first-order valence-corrected chi connectivity index (χ1v) is 11.2. The van der Waals surface area contributed by atoms with Gasteiger partial charge in [-0.1, -0.05) is 17.4 Å². The number of methoxy groups -OCH3 is 1. The number of carbonyl (C=O) groups excluding carboxylic acids is 2. The van der Waals surface area contributed by atoms with Crippen molar-refractivity contribution < 1.29 is 23.8 Å². The molecule has 0 saturated carbocycles. The van der Waals surface area contributed by atoms with Gasteiger partial charge in [0.05, 0.1) is 13.2 Å². The maximum absolute atomic E-state index is 12.9. The highest BCUT2D eigenvalue weighted by atomic mass is 32.1. The minimum absolute atomic E-state index is 0.162. The van der Waals surface area contributed by atoms with Gasteiger partial charge in [-0.2, -0.15) is 0 Å². The number of urea groups is 1. The first kappa shape index (κ1) is 21.0. The number of aromatic nitrogens is 2. The van der Waals surface area contributed by atoms with Crippen LogP contribution in [0.2, 0.25) is 0 Å². The Kier molecular flexibility index (Phi) is 5.69. The van der Waals surface area contributed by atoms with Crippen molar-refractivity contribution >= 4 is 34.6 Å². The zero-order valence-electron chi connectivity index (χ0n) is 17.7. The number of rotatable bonds is 5. The third-order valence-electron chi connectivity index (χ3n) is 5.39. The number of carbonyl (C=O) groups is 2. The Morgan fingerprint density at radius 3 is 2.82 bits per heavy atom. The summed E-state index contributed by atoms with van der Waals surface area (Å²) < 4.78 is 15.8. The Balaban J connectivity index is 1.26. The van der Waals surface area contributed by atoms with Gasteiger partial charge in [-0.3, -0.25) is 4.79 Å². The van der Waals surface area contributed by atoms with Crippen LogP contribution in [0.4, 0.5) is 16.2 Å². The molecule has 33 heavy (non-hydrogen) atoms. The van der Waals surface area contributed by atoms with E-state index in [-0.39, 0.29) is 29.8 Å². The summed E-state index contributed by atoms with van der Waals surface area (Å²) in [5.41, 5.74) is 1.22. The molecule has 3 amide bonds. The second kappa shape index (κ2) is 8.94. The van der Waals surface area contributed by atoms with E-state index in [2.05, 4.69) is 20.8 Å². The Hall–Kier alpha value is -3.86. The first-order valence-electron chi connectivity index (χ1n) is 10.4. The summed E-state index contributed by atoms with van der Waals surface area (Å²) >= 11 is 1.18. The number of nitrogens with one attached hydrogen (secondary N) is 2. The molecular weight excluding hydrogens is 446 g/mol. The summed E-state index contributed by atoms with van der Waals surface area (Å²) in [6.07, 6.45) is 1.60. The van der Waals surface area contributed by atoms with Gasteiger partial charge in [-0.05, 0) is 37.1 Å². The van der Waals surface area contributed by atoms with Gasteiger partial charge in [0, 0.05) is 30.1 Å². The van der Waals surface area contributed by atoms with Gasteiger partial charge < -0.3 is 29.7 Å². The molecule has 3 heterocycles. The minimum Gasteiger partial charge on any atom is -0.497 e. The molecule has 10 nitrogen and oxygen atoms in total. The van der Waals surface area contributed by atoms with Crippen molar-refractivity contribution in [3.63, 3.8) is 0 Å².